The van der Waals surface area contributed by atoms with E-state index in [9.17, 15) is 0 Å². The van der Waals surface area contributed by atoms with Crippen molar-refractivity contribution in [2.24, 2.45) is 0 Å². The zero-order valence-corrected chi connectivity index (χ0v) is 16.9. The van der Waals surface area contributed by atoms with Crippen LogP contribution in [0.1, 0.15) is 54.9 Å². The van der Waals surface area contributed by atoms with Crippen molar-refractivity contribution in [3.63, 3.8) is 0 Å². The van der Waals surface area contributed by atoms with Crippen molar-refractivity contribution in [3.05, 3.63) is 95.1 Å². The van der Waals surface area contributed by atoms with Crippen LogP contribution in [0.25, 0.3) is 32.7 Å². The van der Waals surface area contributed by atoms with Crippen LogP contribution in [-0.2, 0) is 0 Å². The van der Waals surface area contributed by atoms with Gasteiger partial charge in [-0.05, 0) is 94.5 Å². The van der Waals surface area contributed by atoms with Gasteiger partial charge in [-0.2, -0.15) is 0 Å². The monoisotopic (exact) mass is 362 g/mol. The van der Waals surface area contributed by atoms with Crippen molar-refractivity contribution in [1.82, 2.24) is 0 Å². The molecule has 1 fully saturated rings. The zero-order chi connectivity index (χ0) is 19.3. The van der Waals surface area contributed by atoms with E-state index in [0.717, 1.165) is 5.92 Å². The number of fused-ring (bicyclic) bond motifs is 3. The summed E-state index contributed by atoms with van der Waals surface area (Å²) in [5.41, 5.74) is 8.55. The van der Waals surface area contributed by atoms with Gasteiger partial charge in [0.2, 0.25) is 0 Å². The van der Waals surface area contributed by atoms with Crippen LogP contribution in [0, 0.1) is 6.92 Å². The number of aryl methyl sites for hydroxylation is 1. The summed E-state index contributed by atoms with van der Waals surface area (Å²) in [6.07, 6.45) is 2.67. The molecule has 0 amide bonds. The first-order chi connectivity index (χ1) is 13.7. The third-order valence-electron chi connectivity index (χ3n) is 6.51. The molecule has 0 saturated heterocycles. The van der Waals surface area contributed by atoms with Crippen LogP contribution >= 0.6 is 0 Å². The average Bonchev–Trinajstić information content (AvgIpc) is 3.59. The van der Waals surface area contributed by atoms with Crippen molar-refractivity contribution < 1.29 is 0 Å². The fourth-order valence-electron chi connectivity index (χ4n) is 4.78. The second-order valence-corrected chi connectivity index (χ2v) is 8.20. The number of hydrogen-bond donors (Lipinski definition) is 0. The Bertz CT molecular complexity index is 1240. The standard InChI is InChI=1S/C28H26/c1-18(22-10-4-6-12-24(22)21-16-17-21)19(2)28-20(3)23-11-5-7-13-25(23)26-14-8-9-15-27(26)28/h4-15,21H,16-17H2,1-3H3/b19-18+. The van der Waals surface area contributed by atoms with E-state index in [0.29, 0.717) is 0 Å². The zero-order valence-electron chi connectivity index (χ0n) is 16.9. The van der Waals surface area contributed by atoms with E-state index in [-0.39, 0.29) is 0 Å². The van der Waals surface area contributed by atoms with E-state index < -0.39 is 0 Å². The quantitative estimate of drug-likeness (QED) is 0.255. The van der Waals surface area contributed by atoms with Gasteiger partial charge in [-0.15, -0.1) is 0 Å². The summed E-state index contributed by atoms with van der Waals surface area (Å²) in [6, 6.07) is 26.7. The van der Waals surface area contributed by atoms with Crippen LogP contribution in [0.2, 0.25) is 0 Å². The number of rotatable bonds is 3. The molecular weight excluding hydrogens is 336 g/mol. The predicted molar refractivity (Wildman–Crippen MR) is 123 cm³/mol. The molecule has 4 aromatic carbocycles. The second-order valence-electron chi connectivity index (χ2n) is 8.20. The summed E-state index contributed by atoms with van der Waals surface area (Å²) in [5, 5.41) is 5.42. The van der Waals surface area contributed by atoms with Gasteiger partial charge in [-0.1, -0.05) is 72.8 Å². The topological polar surface area (TPSA) is 0 Å². The van der Waals surface area contributed by atoms with Crippen LogP contribution in [0.4, 0.5) is 0 Å². The summed E-state index contributed by atoms with van der Waals surface area (Å²) in [7, 11) is 0. The van der Waals surface area contributed by atoms with Gasteiger partial charge in [0.15, 0.2) is 0 Å². The molecular formula is C28H26. The van der Waals surface area contributed by atoms with Gasteiger partial charge in [0.25, 0.3) is 0 Å². The Labute approximate surface area is 167 Å². The Balaban J connectivity index is 1.83. The minimum Gasteiger partial charge on any atom is -0.0619 e. The SMILES string of the molecule is C/C(=C(/C)c1c(C)c2ccccc2c2ccccc12)c1ccccc1C1CC1. The van der Waals surface area contributed by atoms with Crippen LogP contribution in [0.5, 0.6) is 0 Å². The smallest absolute Gasteiger partial charge is 0.00991 e. The van der Waals surface area contributed by atoms with Gasteiger partial charge in [0.05, 0.1) is 0 Å². The lowest BCUT2D eigenvalue weighted by atomic mass is 9.85. The highest BCUT2D eigenvalue weighted by Crippen LogP contribution is 2.45. The van der Waals surface area contributed by atoms with Gasteiger partial charge in [0.1, 0.15) is 0 Å². The van der Waals surface area contributed by atoms with Crippen molar-refractivity contribution in [2.45, 2.75) is 39.5 Å². The molecule has 1 saturated carbocycles. The molecule has 138 valence electrons. The van der Waals surface area contributed by atoms with Gasteiger partial charge < -0.3 is 0 Å². The first-order valence-corrected chi connectivity index (χ1v) is 10.3. The molecule has 1 aliphatic carbocycles. The molecule has 0 unspecified atom stereocenters. The minimum atomic E-state index is 0.758. The molecule has 0 radical (unpaired) electrons. The van der Waals surface area contributed by atoms with Gasteiger partial charge in [-0.25, -0.2) is 0 Å². The molecule has 5 rings (SSSR count). The first-order valence-electron chi connectivity index (χ1n) is 10.3. The molecule has 0 heterocycles. The summed E-state index contributed by atoms with van der Waals surface area (Å²) >= 11 is 0. The van der Waals surface area contributed by atoms with Gasteiger partial charge in [-0.3, -0.25) is 0 Å². The Morgan fingerprint density at radius 2 is 1.18 bits per heavy atom. The summed E-state index contributed by atoms with van der Waals surface area (Å²) in [6.45, 7) is 6.90. The lowest BCUT2D eigenvalue weighted by Crippen LogP contribution is -1.96. The van der Waals surface area contributed by atoms with Crippen molar-refractivity contribution in [2.75, 3.05) is 0 Å². The highest BCUT2D eigenvalue weighted by atomic mass is 14.3. The van der Waals surface area contributed by atoms with Crippen molar-refractivity contribution in [1.29, 1.82) is 0 Å². The second kappa shape index (κ2) is 6.63. The average molecular weight is 363 g/mol. The van der Waals surface area contributed by atoms with Crippen LogP contribution in [0.15, 0.2) is 72.8 Å². The third kappa shape index (κ3) is 2.67. The number of benzene rings is 4. The van der Waals surface area contributed by atoms with E-state index in [2.05, 4.69) is 93.6 Å². The van der Waals surface area contributed by atoms with Gasteiger partial charge >= 0.3 is 0 Å². The molecule has 0 aliphatic heterocycles. The molecule has 0 spiro atoms. The Hall–Kier alpha value is -2.86. The van der Waals surface area contributed by atoms with E-state index in [4.69, 9.17) is 0 Å². The molecule has 0 heteroatoms. The fourth-order valence-corrected chi connectivity index (χ4v) is 4.78. The highest BCUT2D eigenvalue weighted by Gasteiger charge is 2.26. The summed E-state index contributed by atoms with van der Waals surface area (Å²) in [5.74, 6) is 0.758. The normalized spacial score (nSPS) is 15.1. The Morgan fingerprint density at radius 3 is 1.86 bits per heavy atom. The van der Waals surface area contributed by atoms with Crippen LogP contribution < -0.4 is 0 Å². The molecule has 0 N–H and O–H groups in total. The number of allylic oxidation sites excluding steroid dienone is 2. The van der Waals surface area contributed by atoms with E-state index in [1.807, 2.05) is 0 Å². The minimum absolute atomic E-state index is 0.758. The lowest BCUT2D eigenvalue weighted by molar-refractivity contribution is 1.12. The molecule has 0 bridgehead atoms. The Morgan fingerprint density at radius 1 is 0.643 bits per heavy atom. The van der Waals surface area contributed by atoms with Crippen LogP contribution in [0.3, 0.4) is 0 Å². The number of hydrogen-bond acceptors (Lipinski definition) is 0. The maximum absolute atomic E-state index is 2.33. The summed E-state index contributed by atoms with van der Waals surface area (Å²) < 4.78 is 0. The highest BCUT2D eigenvalue weighted by molar-refractivity contribution is 6.15. The van der Waals surface area contributed by atoms with Gasteiger partial charge in [0, 0.05) is 0 Å². The molecule has 4 aromatic rings. The molecule has 0 nitrogen and oxygen atoms in total. The lowest BCUT2D eigenvalue weighted by Gasteiger charge is -2.19. The maximum atomic E-state index is 2.33. The maximum Gasteiger partial charge on any atom is -0.00991 e. The Kier molecular flexibility index (Phi) is 4.09. The van der Waals surface area contributed by atoms with Crippen molar-refractivity contribution in [3.8, 4) is 0 Å². The first kappa shape index (κ1) is 17.3. The molecule has 0 aromatic heterocycles. The van der Waals surface area contributed by atoms with Crippen molar-refractivity contribution >= 4 is 32.7 Å². The molecule has 0 atom stereocenters. The van der Waals surface area contributed by atoms with E-state index in [1.165, 1.54) is 67.8 Å². The largest absolute Gasteiger partial charge is 0.0619 e. The molecule has 28 heavy (non-hydrogen) atoms. The molecule has 1 aliphatic rings. The van der Waals surface area contributed by atoms with E-state index >= 15 is 0 Å². The summed E-state index contributed by atoms with van der Waals surface area (Å²) in [4.78, 5) is 0. The third-order valence-corrected chi connectivity index (χ3v) is 6.51. The van der Waals surface area contributed by atoms with E-state index in [1.54, 1.807) is 0 Å². The fraction of sp³-hybridized carbons (Fsp3) is 0.214. The predicted octanol–water partition coefficient (Wildman–Crippen LogP) is 8.13. The van der Waals surface area contributed by atoms with Crippen LogP contribution in [-0.4, -0.2) is 0 Å².